The van der Waals surface area contributed by atoms with Gasteiger partial charge < -0.3 is 19.5 Å². The highest BCUT2D eigenvalue weighted by molar-refractivity contribution is 9.10. The molecule has 3 aromatic rings. The fourth-order valence-corrected chi connectivity index (χ4v) is 3.03. The Morgan fingerprint density at radius 2 is 1.77 bits per heavy atom. The lowest BCUT2D eigenvalue weighted by atomic mass is 10.1. The van der Waals surface area contributed by atoms with E-state index in [1.165, 1.54) is 0 Å². The van der Waals surface area contributed by atoms with Crippen LogP contribution in [0.15, 0.2) is 59.3 Å². The number of nitrogens with zero attached hydrogens (tertiary/aromatic N) is 2. The van der Waals surface area contributed by atoms with Gasteiger partial charge in [-0.3, -0.25) is 4.79 Å². The maximum atomic E-state index is 12.4. The molecule has 0 fully saturated rings. The highest BCUT2D eigenvalue weighted by Crippen LogP contribution is 2.28. The molecule has 0 atom stereocenters. The molecule has 0 bridgehead atoms. The summed E-state index contributed by atoms with van der Waals surface area (Å²) in [6.07, 6.45) is 3.53. The summed E-state index contributed by atoms with van der Waals surface area (Å²) >= 11 is 3.39. The molecule has 1 aromatic heterocycles. The topological polar surface area (TPSA) is 74.6 Å². The van der Waals surface area contributed by atoms with Crippen LogP contribution in [0.5, 0.6) is 17.2 Å². The first-order chi connectivity index (χ1) is 14.6. The predicted molar refractivity (Wildman–Crippen MR) is 118 cm³/mol. The zero-order chi connectivity index (χ0) is 21.3. The first-order valence-corrected chi connectivity index (χ1v) is 10.5. The number of aromatic nitrogens is 2. The van der Waals surface area contributed by atoms with E-state index in [1.54, 1.807) is 17.1 Å². The van der Waals surface area contributed by atoms with Crippen LogP contribution in [0.25, 0.3) is 0 Å². The van der Waals surface area contributed by atoms with Crippen LogP contribution in [-0.4, -0.2) is 28.9 Å². The van der Waals surface area contributed by atoms with Crippen molar-refractivity contribution in [3.63, 3.8) is 0 Å². The molecule has 0 aliphatic heterocycles. The van der Waals surface area contributed by atoms with Crippen LogP contribution in [-0.2, 0) is 17.9 Å². The van der Waals surface area contributed by atoms with Crippen molar-refractivity contribution in [2.75, 3.05) is 18.5 Å². The molecule has 1 heterocycles. The van der Waals surface area contributed by atoms with Gasteiger partial charge in [-0.2, -0.15) is 5.10 Å². The highest BCUT2D eigenvalue weighted by Gasteiger charge is 2.10. The molecule has 8 heteroatoms. The van der Waals surface area contributed by atoms with E-state index in [1.807, 2.05) is 56.3 Å². The maximum Gasteiger partial charge on any atom is 0.228 e. The number of benzene rings is 2. The van der Waals surface area contributed by atoms with E-state index in [4.69, 9.17) is 14.2 Å². The van der Waals surface area contributed by atoms with E-state index in [9.17, 15) is 4.79 Å². The van der Waals surface area contributed by atoms with Gasteiger partial charge in [-0.1, -0.05) is 22.0 Å². The summed E-state index contributed by atoms with van der Waals surface area (Å²) < 4.78 is 19.4. The molecule has 0 radical (unpaired) electrons. The molecule has 0 aliphatic carbocycles. The molecule has 1 amide bonds. The van der Waals surface area contributed by atoms with Gasteiger partial charge in [0.05, 0.1) is 37.7 Å². The third-order valence-electron chi connectivity index (χ3n) is 4.07. The quantitative estimate of drug-likeness (QED) is 0.463. The molecule has 158 valence electrons. The molecule has 3 rings (SSSR count). The lowest BCUT2D eigenvalue weighted by Gasteiger charge is -2.12. The van der Waals surface area contributed by atoms with E-state index in [0.717, 1.165) is 15.8 Å². The lowest BCUT2D eigenvalue weighted by molar-refractivity contribution is -0.115. The summed E-state index contributed by atoms with van der Waals surface area (Å²) in [6, 6.07) is 13.1. The lowest BCUT2D eigenvalue weighted by Crippen LogP contribution is -2.14. The fourth-order valence-electron chi connectivity index (χ4n) is 2.77. The van der Waals surface area contributed by atoms with Crippen LogP contribution >= 0.6 is 15.9 Å². The number of halogens is 1. The Hall–Kier alpha value is -3.00. The van der Waals surface area contributed by atoms with Crippen LogP contribution in [0.4, 0.5) is 5.69 Å². The molecule has 7 nitrogen and oxygen atoms in total. The summed E-state index contributed by atoms with van der Waals surface area (Å²) in [5, 5.41) is 7.06. The Kier molecular flexibility index (Phi) is 7.73. The monoisotopic (exact) mass is 473 g/mol. The Labute approximate surface area is 184 Å². The first-order valence-electron chi connectivity index (χ1n) is 9.66. The van der Waals surface area contributed by atoms with Gasteiger partial charge in [0, 0.05) is 4.47 Å². The van der Waals surface area contributed by atoms with Crippen molar-refractivity contribution in [1.29, 1.82) is 0 Å². The summed E-state index contributed by atoms with van der Waals surface area (Å²) in [7, 11) is 0. The molecule has 0 saturated heterocycles. The zero-order valence-corrected chi connectivity index (χ0v) is 18.5. The summed E-state index contributed by atoms with van der Waals surface area (Å²) in [6.45, 7) is 5.15. The van der Waals surface area contributed by atoms with Crippen molar-refractivity contribution in [1.82, 2.24) is 9.78 Å². The number of anilines is 1. The first kappa shape index (κ1) is 21.7. The average Bonchev–Trinajstić information content (AvgIpc) is 3.17. The normalized spacial score (nSPS) is 10.5. The number of rotatable bonds is 10. The van der Waals surface area contributed by atoms with E-state index in [-0.39, 0.29) is 19.1 Å². The summed E-state index contributed by atoms with van der Waals surface area (Å²) in [4.78, 5) is 12.4. The minimum Gasteiger partial charge on any atom is -0.490 e. The number of hydrogen-bond acceptors (Lipinski definition) is 5. The summed E-state index contributed by atoms with van der Waals surface area (Å²) in [5.74, 6) is 1.91. The number of nitrogens with one attached hydrogen (secondary N) is 1. The molecule has 0 saturated carbocycles. The minimum atomic E-state index is -0.144. The van der Waals surface area contributed by atoms with E-state index < -0.39 is 0 Å². The Balaban J connectivity index is 1.55. The third kappa shape index (κ3) is 6.25. The van der Waals surface area contributed by atoms with Gasteiger partial charge in [0.1, 0.15) is 5.75 Å². The second-order valence-electron chi connectivity index (χ2n) is 6.37. The van der Waals surface area contributed by atoms with Crippen molar-refractivity contribution in [3.05, 3.63) is 64.9 Å². The van der Waals surface area contributed by atoms with Gasteiger partial charge in [-0.15, -0.1) is 0 Å². The van der Waals surface area contributed by atoms with E-state index >= 15 is 0 Å². The van der Waals surface area contributed by atoms with Crippen LogP contribution < -0.4 is 19.5 Å². The number of amides is 1. The van der Waals surface area contributed by atoms with Crippen molar-refractivity contribution in [3.8, 4) is 17.2 Å². The summed E-state index contributed by atoms with van der Waals surface area (Å²) in [5.41, 5.74) is 1.45. The van der Waals surface area contributed by atoms with Crippen molar-refractivity contribution < 1.29 is 19.0 Å². The van der Waals surface area contributed by atoms with Crippen molar-refractivity contribution in [2.24, 2.45) is 0 Å². The van der Waals surface area contributed by atoms with Gasteiger partial charge in [-0.25, -0.2) is 4.68 Å². The number of ether oxygens (including phenoxy) is 3. The van der Waals surface area contributed by atoms with Gasteiger partial charge in [0.2, 0.25) is 5.91 Å². The molecule has 0 spiro atoms. The Morgan fingerprint density at radius 3 is 2.50 bits per heavy atom. The van der Waals surface area contributed by atoms with Crippen molar-refractivity contribution in [2.45, 2.75) is 27.0 Å². The van der Waals surface area contributed by atoms with E-state index in [2.05, 4.69) is 26.3 Å². The van der Waals surface area contributed by atoms with Crippen LogP contribution in [0.2, 0.25) is 0 Å². The Bertz CT molecular complexity index is 973. The second kappa shape index (κ2) is 10.7. The average molecular weight is 474 g/mol. The standard InChI is InChI=1S/C22H24BrN3O4/c1-3-28-20-10-5-16(11-21(20)29-4-2)12-22(27)25-18-13-24-26(14-18)15-30-19-8-6-17(23)7-9-19/h5-11,13-14H,3-4,12,15H2,1-2H3,(H,25,27). The maximum absolute atomic E-state index is 12.4. The molecule has 0 aliphatic rings. The number of carbonyl (C=O) groups excluding carboxylic acids is 1. The van der Waals surface area contributed by atoms with Gasteiger partial charge >= 0.3 is 0 Å². The van der Waals surface area contributed by atoms with Gasteiger partial charge in [-0.05, 0) is 55.8 Å². The third-order valence-corrected chi connectivity index (χ3v) is 4.60. The smallest absolute Gasteiger partial charge is 0.228 e. The van der Waals surface area contributed by atoms with Crippen molar-refractivity contribution >= 4 is 27.5 Å². The Morgan fingerprint density at radius 1 is 1.03 bits per heavy atom. The fraction of sp³-hybridized carbons (Fsp3) is 0.273. The predicted octanol–water partition coefficient (Wildman–Crippen LogP) is 4.66. The van der Waals surface area contributed by atoms with E-state index in [0.29, 0.717) is 30.4 Å². The van der Waals surface area contributed by atoms with Crippen LogP contribution in [0.3, 0.4) is 0 Å². The molecular formula is C22H24BrN3O4. The molecule has 0 unspecified atom stereocenters. The number of carbonyl (C=O) groups is 1. The molecule has 30 heavy (non-hydrogen) atoms. The minimum absolute atomic E-state index is 0.144. The second-order valence-corrected chi connectivity index (χ2v) is 7.28. The molecule has 2 aromatic carbocycles. The zero-order valence-electron chi connectivity index (χ0n) is 16.9. The van der Waals surface area contributed by atoms with Gasteiger partial charge in [0.15, 0.2) is 18.2 Å². The van der Waals surface area contributed by atoms with Gasteiger partial charge in [0.25, 0.3) is 0 Å². The largest absolute Gasteiger partial charge is 0.490 e. The van der Waals surface area contributed by atoms with Crippen LogP contribution in [0, 0.1) is 0 Å². The highest BCUT2D eigenvalue weighted by atomic mass is 79.9. The molecular weight excluding hydrogens is 450 g/mol. The SMILES string of the molecule is CCOc1ccc(CC(=O)Nc2cnn(COc3ccc(Br)cc3)c2)cc1OCC. The molecule has 1 N–H and O–H groups in total. The van der Waals surface area contributed by atoms with Crippen LogP contribution in [0.1, 0.15) is 19.4 Å². The number of hydrogen-bond donors (Lipinski definition) is 1.